The second kappa shape index (κ2) is 14.0. The monoisotopic (exact) mass is 413 g/mol. The zero-order valence-corrected chi connectivity index (χ0v) is 15.7. The molecule has 0 amide bonds. The Labute approximate surface area is 167 Å². The van der Waals surface area contributed by atoms with Gasteiger partial charge in [-0.15, -0.1) is 0 Å². The number of carboxylic acids is 4. The molecule has 11 nitrogen and oxygen atoms in total. The van der Waals surface area contributed by atoms with Crippen molar-refractivity contribution in [2.24, 2.45) is 11.5 Å². The molecule has 162 valence electrons. The van der Waals surface area contributed by atoms with Crippen molar-refractivity contribution < 1.29 is 39.6 Å². The van der Waals surface area contributed by atoms with Crippen LogP contribution >= 0.6 is 0 Å². The summed E-state index contributed by atoms with van der Waals surface area (Å²) in [7, 11) is 0. The van der Waals surface area contributed by atoms with Crippen LogP contribution < -0.4 is 16.8 Å². The first-order chi connectivity index (χ1) is 13.5. The third-order valence-electron chi connectivity index (χ3n) is 3.69. The molecular formula is C18H27N3O8. The molecule has 0 radical (unpaired) electrons. The average molecular weight is 413 g/mol. The Bertz CT molecular complexity index is 662. The first kappa shape index (κ1) is 26.0. The van der Waals surface area contributed by atoms with E-state index in [1.807, 2.05) is 30.3 Å². The fourth-order valence-corrected chi connectivity index (χ4v) is 2.13. The van der Waals surface area contributed by atoms with Crippen LogP contribution in [0.1, 0.15) is 24.8 Å². The van der Waals surface area contributed by atoms with Crippen molar-refractivity contribution >= 4 is 23.9 Å². The number of hydrogen-bond acceptors (Lipinski definition) is 7. The maximum atomic E-state index is 10.4. The molecule has 1 aromatic carbocycles. The Balaban J connectivity index is 0.000000416. The van der Waals surface area contributed by atoms with Gasteiger partial charge in [-0.2, -0.15) is 0 Å². The summed E-state index contributed by atoms with van der Waals surface area (Å²) in [5.74, 6) is -4.18. The predicted molar refractivity (Wildman–Crippen MR) is 102 cm³/mol. The van der Waals surface area contributed by atoms with Gasteiger partial charge in [0.2, 0.25) is 0 Å². The van der Waals surface area contributed by atoms with E-state index >= 15 is 0 Å². The van der Waals surface area contributed by atoms with Gasteiger partial charge in [-0.1, -0.05) is 30.3 Å². The van der Waals surface area contributed by atoms with Gasteiger partial charge in [0.05, 0.1) is 6.42 Å². The number of aliphatic carboxylic acids is 4. The molecule has 11 heteroatoms. The number of nitrogens with two attached hydrogens (primary N) is 2. The van der Waals surface area contributed by atoms with Gasteiger partial charge in [0, 0.05) is 0 Å². The number of carbonyl (C=O) groups is 4. The average Bonchev–Trinajstić information content (AvgIpc) is 3.18. The Hall–Kier alpha value is -3.02. The molecule has 29 heavy (non-hydrogen) atoms. The maximum Gasteiger partial charge on any atom is 0.321 e. The van der Waals surface area contributed by atoms with Crippen molar-refractivity contribution in [3.8, 4) is 0 Å². The second-order valence-corrected chi connectivity index (χ2v) is 6.16. The summed E-state index contributed by atoms with van der Waals surface area (Å²) in [5, 5.41) is 35.8. The lowest BCUT2D eigenvalue weighted by molar-refractivity contribution is -0.144. The van der Waals surface area contributed by atoms with E-state index in [4.69, 9.17) is 31.9 Å². The molecule has 1 aromatic rings. The van der Waals surface area contributed by atoms with Crippen molar-refractivity contribution in [2.75, 3.05) is 6.54 Å². The van der Waals surface area contributed by atoms with Crippen LogP contribution in [0.25, 0.3) is 0 Å². The summed E-state index contributed by atoms with van der Waals surface area (Å²) in [5.41, 5.74) is 11.1. The molecule has 1 saturated heterocycles. The normalized spacial score (nSPS) is 16.8. The Kier molecular flexibility index (Phi) is 12.6. The van der Waals surface area contributed by atoms with E-state index < -0.39 is 42.4 Å². The van der Waals surface area contributed by atoms with Crippen LogP contribution in [-0.4, -0.2) is 69.0 Å². The van der Waals surface area contributed by atoms with Gasteiger partial charge in [0.15, 0.2) is 0 Å². The number of nitrogens with one attached hydrogen (secondary N) is 1. The summed E-state index contributed by atoms with van der Waals surface area (Å²) in [6.45, 7) is 0.858. The van der Waals surface area contributed by atoms with E-state index in [0.29, 0.717) is 6.42 Å². The molecule has 0 bridgehead atoms. The van der Waals surface area contributed by atoms with Gasteiger partial charge in [0.25, 0.3) is 0 Å². The largest absolute Gasteiger partial charge is 0.481 e. The maximum absolute atomic E-state index is 10.4. The molecule has 2 rings (SSSR count). The molecule has 1 aliphatic heterocycles. The molecule has 0 aromatic heterocycles. The molecular weight excluding hydrogens is 386 g/mol. The Morgan fingerprint density at radius 2 is 1.52 bits per heavy atom. The fraction of sp³-hybridized carbons (Fsp3) is 0.444. The summed E-state index contributed by atoms with van der Waals surface area (Å²) in [4.78, 5) is 40.1. The summed E-state index contributed by atoms with van der Waals surface area (Å²) in [6.07, 6.45) is 1.64. The molecule has 0 spiro atoms. The SMILES string of the molecule is NC(CC(=O)O)C(=O)O.NC(Cc1ccccc1)C(=O)O.O=C(O)C1CCCN1. The molecule has 1 fully saturated rings. The topological polar surface area (TPSA) is 213 Å². The highest BCUT2D eigenvalue weighted by molar-refractivity contribution is 5.80. The fourth-order valence-electron chi connectivity index (χ4n) is 2.13. The number of rotatable bonds is 7. The van der Waals surface area contributed by atoms with E-state index in [1.54, 1.807) is 0 Å². The minimum absolute atomic E-state index is 0.269. The molecule has 3 unspecified atom stereocenters. The van der Waals surface area contributed by atoms with Gasteiger partial charge in [-0.05, 0) is 31.4 Å². The molecule has 1 heterocycles. The summed E-state index contributed by atoms with van der Waals surface area (Å²) in [6, 6.07) is 6.99. The third kappa shape index (κ3) is 12.9. The Morgan fingerprint density at radius 3 is 1.83 bits per heavy atom. The van der Waals surface area contributed by atoms with E-state index in [-0.39, 0.29) is 6.04 Å². The van der Waals surface area contributed by atoms with Crippen molar-refractivity contribution in [2.45, 2.75) is 43.8 Å². The van der Waals surface area contributed by atoms with Crippen LogP contribution in [0.4, 0.5) is 0 Å². The first-order valence-corrected chi connectivity index (χ1v) is 8.73. The van der Waals surface area contributed by atoms with Crippen molar-refractivity contribution in [3.05, 3.63) is 35.9 Å². The standard InChI is InChI=1S/C9H11NO2.C5H9NO2.C4H7NO4/c10-8(9(11)12)6-7-4-2-1-3-5-7;7-5(8)4-2-1-3-6-4;5-2(4(8)9)1-3(6)7/h1-5,8H,6,10H2,(H,11,12);4,6H,1-3H2,(H,7,8);2H,1,5H2,(H,6,7)(H,8,9). The van der Waals surface area contributed by atoms with Crippen molar-refractivity contribution in [3.63, 3.8) is 0 Å². The van der Waals surface area contributed by atoms with Gasteiger partial charge in [-0.3, -0.25) is 19.2 Å². The van der Waals surface area contributed by atoms with E-state index in [1.165, 1.54) is 0 Å². The predicted octanol–water partition coefficient (Wildman–Crippen LogP) is -0.663. The minimum atomic E-state index is -1.29. The van der Waals surface area contributed by atoms with Crippen LogP contribution in [0.5, 0.6) is 0 Å². The molecule has 9 N–H and O–H groups in total. The van der Waals surface area contributed by atoms with Gasteiger partial charge in [0.1, 0.15) is 18.1 Å². The molecule has 3 atom stereocenters. The van der Waals surface area contributed by atoms with E-state index in [9.17, 15) is 19.2 Å². The van der Waals surface area contributed by atoms with Crippen LogP contribution in [0.15, 0.2) is 30.3 Å². The lowest BCUT2D eigenvalue weighted by atomic mass is 10.1. The highest BCUT2D eigenvalue weighted by Crippen LogP contribution is 2.03. The van der Waals surface area contributed by atoms with Crippen molar-refractivity contribution in [1.82, 2.24) is 5.32 Å². The van der Waals surface area contributed by atoms with Crippen LogP contribution in [0.2, 0.25) is 0 Å². The molecule has 1 aliphatic rings. The molecule has 0 saturated carbocycles. The summed E-state index contributed by atoms with van der Waals surface area (Å²) >= 11 is 0. The highest BCUT2D eigenvalue weighted by atomic mass is 16.4. The van der Waals surface area contributed by atoms with E-state index in [0.717, 1.165) is 24.9 Å². The number of hydrogen-bond donors (Lipinski definition) is 7. The van der Waals surface area contributed by atoms with Crippen LogP contribution in [0, 0.1) is 0 Å². The number of benzene rings is 1. The number of carboxylic acid groups (broad SMARTS) is 4. The van der Waals surface area contributed by atoms with Gasteiger partial charge < -0.3 is 37.2 Å². The third-order valence-corrected chi connectivity index (χ3v) is 3.69. The van der Waals surface area contributed by atoms with Gasteiger partial charge in [-0.25, -0.2) is 0 Å². The zero-order chi connectivity index (χ0) is 22.4. The quantitative estimate of drug-likeness (QED) is 0.298. The minimum Gasteiger partial charge on any atom is -0.481 e. The smallest absolute Gasteiger partial charge is 0.321 e. The zero-order valence-electron chi connectivity index (χ0n) is 15.7. The lowest BCUT2D eigenvalue weighted by Gasteiger charge is -2.04. The van der Waals surface area contributed by atoms with Crippen LogP contribution in [-0.2, 0) is 25.6 Å². The van der Waals surface area contributed by atoms with Crippen LogP contribution in [0.3, 0.4) is 0 Å². The van der Waals surface area contributed by atoms with E-state index in [2.05, 4.69) is 5.32 Å². The second-order valence-electron chi connectivity index (χ2n) is 6.16. The Morgan fingerprint density at radius 1 is 0.966 bits per heavy atom. The van der Waals surface area contributed by atoms with Gasteiger partial charge >= 0.3 is 23.9 Å². The lowest BCUT2D eigenvalue weighted by Crippen LogP contribution is -2.32. The molecule has 0 aliphatic carbocycles. The highest BCUT2D eigenvalue weighted by Gasteiger charge is 2.20. The van der Waals surface area contributed by atoms with Crippen molar-refractivity contribution in [1.29, 1.82) is 0 Å². The summed E-state index contributed by atoms with van der Waals surface area (Å²) < 4.78 is 0. The first-order valence-electron chi connectivity index (χ1n) is 8.73.